The van der Waals surface area contributed by atoms with Crippen molar-refractivity contribution >= 4 is 76.2 Å². The standard InChI is InChI=1S/2C10H9NO3S.Mg.10H2O/c2*11-9-5-6-10(15(12,13)14)8-4-2-1-3-7(8)9;;;;;;;;;;;/h2*1-6H,11H2,(H,12,13,14);;10*1H2/q;;+2;;;;;;;;;;/p-2. The Morgan fingerprint density at radius 2 is 0.634 bits per heavy atom. The molecule has 24 N–H and O–H groups in total. The van der Waals surface area contributed by atoms with E-state index in [0.29, 0.717) is 32.9 Å². The minimum absolute atomic E-state index is 0. The number of hydrogen-bond acceptors (Lipinski definition) is 8. The average molecular weight is 649 g/mol. The van der Waals surface area contributed by atoms with Crippen LogP contribution in [0.1, 0.15) is 0 Å². The zero-order valence-electron chi connectivity index (χ0n) is 21.1. The average Bonchev–Trinajstić information content (AvgIpc) is 2.67. The third-order valence-electron chi connectivity index (χ3n) is 4.37. The number of rotatable bonds is 2. The number of nitrogen functional groups attached to an aromatic ring is 2. The molecule has 0 aliphatic rings. The van der Waals surface area contributed by atoms with E-state index >= 15 is 0 Å². The summed E-state index contributed by atoms with van der Waals surface area (Å²) in [4.78, 5) is -0.459. The van der Waals surface area contributed by atoms with Crippen LogP contribution in [0.2, 0.25) is 0 Å². The van der Waals surface area contributed by atoms with Gasteiger partial charge in [-0.2, -0.15) is 0 Å². The van der Waals surface area contributed by atoms with Crippen LogP contribution in [0.4, 0.5) is 11.4 Å². The fourth-order valence-electron chi connectivity index (χ4n) is 3.03. The van der Waals surface area contributed by atoms with Crippen molar-refractivity contribution in [3.63, 3.8) is 0 Å². The van der Waals surface area contributed by atoms with Gasteiger partial charge in [0.25, 0.3) is 0 Å². The molecule has 0 amide bonds. The van der Waals surface area contributed by atoms with Crippen LogP contribution in [0.3, 0.4) is 0 Å². The predicted molar refractivity (Wildman–Crippen MR) is 155 cm³/mol. The van der Waals surface area contributed by atoms with Gasteiger partial charge in [0.05, 0.1) is 9.79 Å². The van der Waals surface area contributed by atoms with E-state index < -0.39 is 20.2 Å². The second-order valence-corrected chi connectivity index (χ2v) is 9.00. The van der Waals surface area contributed by atoms with Gasteiger partial charge in [-0.3, -0.25) is 0 Å². The molecule has 4 rings (SSSR count). The number of fused-ring (bicyclic) bond motifs is 2. The Morgan fingerprint density at radius 3 is 0.854 bits per heavy atom. The normalized spacial score (nSPS) is 8.63. The minimum atomic E-state index is -4.45. The molecule has 0 aliphatic carbocycles. The van der Waals surface area contributed by atoms with E-state index in [2.05, 4.69) is 0 Å². The van der Waals surface area contributed by atoms with Crippen molar-refractivity contribution in [3.8, 4) is 0 Å². The largest absolute Gasteiger partial charge is 2.00 e. The Hall–Kier alpha value is -2.81. The van der Waals surface area contributed by atoms with E-state index in [4.69, 9.17) is 11.5 Å². The summed E-state index contributed by atoms with van der Waals surface area (Å²) in [6.07, 6.45) is 0. The fraction of sp³-hybridized carbons (Fsp3) is 0. The van der Waals surface area contributed by atoms with Gasteiger partial charge >= 0.3 is 23.1 Å². The first-order valence-electron chi connectivity index (χ1n) is 8.46. The maximum Gasteiger partial charge on any atom is 2.00 e. The third-order valence-corrected chi connectivity index (χ3v) is 6.16. The van der Waals surface area contributed by atoms with Crippen LogP contribution in [0, 0.1) is 0 Å². The Balaban J connectivity index is -0.0000000563. The van der Waals surface area contributed by atoms with Gasteiger partial charge < -0.3 is 75.3 Å². The summed E-state index contributed by atoms with van der Waals surface area (Å²) in [5.41, 5.74) is 12.3. The van der Waals surface area contributed by atoms with Gasteiger partial charge in [-0.25, -0.2) is 16.8 Å². The maximum absolute atomic E-state index is 11.0. The summed E-state index contributed by atoms with van der Waals surface area (Å²) in [6, 6.07) is 18.6. The number of hydrogen-bond donors (Lipinski definition) is 2. The second kappa shape index (κ2) is 23.8. The molecule has 0 bridgehead atoms. The molecule has 0 saturated carbocycles. The van der Waals surface area contributed by atoms with Gasteiger partial charge in [0.1, 0.15) is 20.2 Å². The van der Waals surface area contributed by atoms with Gasteiger partial charge in [-0.05, 0) is 24.3 Å². The fourth-order valence-corrected chi connectivity index (χ4v) is 4.39. The van der Waals surface area contributed by atoms with Gasteiger partial charge in [0.15, 0.2) is 0 Å². The van der Waals surface area contributed by atoms with Crippen molar-refractivity contribution in [1.29, 1.82) is 0 Å². The summed E-state index contributed by atoms with van der Waals surface area (Å²) in [5, 5.41) is 1.89. The van der Waals surface area contributed by atoms with Crippen molar-refractivity contribution < 1.29 is 80.7 Å². The van der Waals surface area contributed by atoms with Crippen LogP contribution < -0.4 is 11.5 Å². The van der Waals surface area contributed by atoms with E-state index in [1.807, 2.05) is 0 Å². The van der Waals surface area contributed by atoms with E-state index in [1.165, 1.54) is 24.3 Å². The molecule has 4 aromatic carbocycles. The zero-order chi connectivity index (χ0) is 22.1. The SMILES string of the molecule is Nc1ccc(S(=O)(=O)[O-])c2ccccc12.Nc1ccc(S(=O)(=O)[O-])c2ccccc12.O.O.O.O.O.O.O.O.O.O.[Mg+2]. The first-order chi connectivity index (χ1) is 14.0. The van der Waals surface area contributed by atoms with E-state index in [-0.39, 0.29) is 87.6 Å². The van der Waals surface area contributed by atoms with Gasteiger partial charge in [0.2, 0.25) is 0 Å². The molecule has 236 valence electrons. The molecule has 0 aliphatic heterocycles. The summed E-state index contributed by atoms with van der Waals surface area (Å²) in [6.45, 7) is 0. The van der Waals surface area contributed by atoms with Crippen molar-refractivity contribution in [2.75, 3.05) is 11.5 Å². The molecule has 0 unspecified atom stereocenters. The molecule has 18 nitrogen and oxygen atoms in total. The Morgan fingerprint density at radius 1 is 0.415 bits per heavy atom. The van der Waals surface area contributed by atoms with E-state index in [9.17, 15) is 25.9 Å². The molecule has 41 heavy (non-hydrogen) atoms. The summed E-state index contributed by atoms with van der Waals surface area (Å²) in [5.74, 6) is 0. The smallest absolute Gasteiger partial charge is 0.744 e. The third kappa shape index (κ3) is 14.1. The molecule has 0 radical (unpaired) electrons. The predicted octanol–water partition coefficient (Wildman–Crippen LogP) is -5.98. The topological polar surface area (TPSA) is 481 Å². The number of anilines is 2. The molecule has 0 spiro atoms. The van der Waals surface area contributed by atoms with Crippen LogP contribution in [0.5, 0.6) is 0 Å². The maximum atomic E-state index is 11.0. The van der Waals surface area contributed by atoms with Gasteiger partial charge in [0, 0.05) is 32.9 Å². The number of benzene rings is 4. The van der Waals surface area contributed by atoms with Crippen molar-refractivity contribution in [3.05, 3.63) is 72.8 Å². The molecular weight excluding hydrogens is 613 g/mol. The van der Waals surface area contributed by atoms with Crippen LogP contribution in [-0.2, 0) is 20.2 Å². The molecule has 0 heterocycles. The molecule has 0 fully saturated rings. The van der Waals surface area contributed by atoms with Crippen molar-refractivity contribution in [1.82, 2.24) is 0 Å². The first-order valence-corrected chi connectivity index (χ1v) is 11.3. The van der Waals surface area contributed by atoms with Crippen molar-refractivity contribution in [2.45, 2.75) is 9.79 Å². The van der Waals surface area contributed by atoms with Crippen LogP contribution in [0.15, 0.2) is 82.6 Å². The van der Waals surface area contributed by atoms with E-state index in [0.717, 1.165) is 0 Å². The Bertz CT molecular complexity index is 1380. The van der Waals surface area contributed by atoms with E-state index in [1.54, 1.807) is 48.5 Å². The quantitative estimate of drug-likeness (QED) is 0.119. The summed E-state index contributed by atoms with van der Waals surface area (Å²) < 4.78 is 65.8. The molecular formula is C20H36MgN2O16S2. The second-order valence-electron chi connectivity index (χ2n) is 6.31. The molecule has 0 aromatic heterocycles. The van der Waals surface area contributed by atoms with Gasteiger partial charge in [-0.1, -0.05) is 48.5 Å². The van der Waals surface area contributed by atoms with Crippen molar-refractivity contribution in [2.24, 2.45) is 0 Å². The zero-order valence-corrected chi connectivity index (χ0v) is 24.1. The molecule has 4 aromatic rings. The Kier molecular flexibility index (Phi) is 36.1. The monoisotopic (exact) mass is 648 g/mol. The summed E-state index contributed by atoms with van der Waals surface area (Å²) in [7, 11) is -8.90. The van der Waals surface area contributed by atoms with Gasteiger partial charge in [-0.15, -0.1) is 0 Å². The molecule has 0 saturated heterocycles. The Labute approximate surface area is 250 Å². The summed E-state index contributed by atoms with van der Waals surface area (Å²) >= 11 is 0. The minimum Gasteiger partial charge on any atom is -0.744 e. The first kappa shape index (κ1) is 62.0. The molecule has 0 atom stereocenters. The van der Waals surface area contributed by atoms with Crippen LogP contribution in [-0.4, -0.2) is 104 Å². The van der Waals surface area contributed by atoms with Crippen LogP contribution in [0.25, 0.3) is 21.5 Å². The van der Waals surface area contributed by atoms with Crippen LogP contribution >= 0.6 is 0 Å². The number of nitrogens with two attached hydrogens (primary N) is 2. The molecule has 21 heteroatoms.